The third-order valence-electron chi connectivity index (χ3n) is 1.03. The maximum atomic E-state index is 8.40. The summed E-state index contributed by atoms with van der Waals surface area (Å²) < 4.78 is 4.59. The topological polar surface area (TPSA) is 90.2 Å². The van der Waals surface area contributed by atoms with E-state index in [-0.39, 0.29) is 13.2 Å². The summed E-state index contributed by atoms with van der Waals surface area (Å²) >= 11 is 0. The molecule has 0 amide bonds. The van der Waals surface area contributed by atoms with Crippen LogP contribution in [0.15, 0.2) is 55.6 Å². The van der Waals surface area contributed by atoms with Gasteiger partial charge < -0.3 is 24.5 Å². The van der Waals surface area contributed by atoms with E-state index in [4.69, 9.17) is 20.0 Å². The second-order valence-electron chi connectivity index (χ2n) is 2.92. The lowest BCUT2D eigenvalue weighted by Crippen LogP contribution is -1.85. The van der Waals surface area contributed by atoms with Crippen molar-refractivity contribution in [1.29, 1.82) is 0 Å². The molecule has 0 bridgehead atoms. The van der Waals surface area contributed by atoms with Gasteiger partial charge in [-0.1, -0.05) is 30.4 Å². The lowest BCUT2D eigenvalue weighted by molar-refractivity contribution is 0.186. The Morgan fingerprint density at radius 2 is 1.35 bits per heavy atom. The first-order valence-electron chi connectivity index (χ1n) is 5.80. The van der Waals surface area contributed by atoms with Gasteiger partial charge in [-0.15, -0.1) is 13.2 Å². The van der Waals surface area contributed by atoms with Crippen molar-refractivity contribution in [2.75, 3.05) is 13.2 Å². The highest BCUT2D eigenvalue weighted by Gasteiger charge is 1.99. The van der Waals surface area contributed by atoms with Gasteiger partial charge >= 0.3 is 8.60 Å². The predicted octanol–water partition coefficient (Wildman–Crippen LogP) is 2.63. The molecule has 5 nitrogen and oxygen atoms in total. The molecule has 0 saturated heterocycles. The molecule has 1 aromatic carbocycles. The van der Waals surface area contributed by atoms with Crippen molar-refractivity contribution in [3.63, 3.8) is 0 Å². The van der Waals surface area contributed by atoms with E-state index in [1.807, 2.05) is 19.9 Å². The molecule has 116 valence electrons. The number of rotatable bonds is 3. The normalized spacial score (nSPS) is 7.75. The quantitative estimate of drug-likeness (QED) is 0.509. The van der Waals surface area contributed by atoms with Crippen molar-refractivity contribution in [2.45, 2.75) is 13.8 Å². The van der Waals surface area contributed by atoms with Crippen molar-refractivity contribution in [3.8, 4) is 5.75 Å². The van der Waals surface area contributed by atoms with Gasteiger partial charge in [0.05, 0.1) is 13.2 Å². The molecule has 0 aliphatic rings. The van der Waals surface area contributed by atoms with Crippen LogP contribution in [0.4, 0.5) is 0 Å². The summed E-state index contributed by atoms with van der Waals surface area (Å²) in [6, 6.07) is 8.65. The van der Waals surface area contributed by atoms with E-state index in [9.17, 15) is 0 Å². The van der Waals surface area contributed by atoms with Gasteiger partial charge in [-0.05, 0) is 26.0 Å². The van der Waals surface area contributed by atoms with Crippen LogP contribution in [0.25, 0.3) is 0 Å². The fraction of sp³-hybridized carbons (Fsp3) is 0.286. The van der Waals surface area contributed by atoms with Crippen molar-refractivity contribution in [2.24, 2.45) is 0 Å². The molecular weight excluding hydrogens is 279 g/mol. The summed E-state index contributed by atoms with van der Waals surface area (Å²) in [5, 5.41) is 15.2. The molecule has 0 unspecified atom stereocenters. The number of hydrogen-bond acceptors (Lipinski definition) is 5. The van der Waals surface area contributed by atoms with Crippen LogP contribution in [0.3, 0.4) is 0 Å². The van der Waals surface area contributed by atoms with Gasteiger partial charge in [-0.3, -0.25) is 0 Å². The largest absolute Gasteiger partial charge is 0.427 e. The molecule has 0 saturated carbocycles. The molecule has 0 spiro atoms. The van der Waals surface area contributed by atoms with Gasteiger partial charge in [0.15, 0.2) is 0 Å². The molecule has 0 heterocycles. The lowest BCUT2D eigenvalue weighted by atomic mass is 10.3. The second kappa shape index (κ2) is 22.9. The van der Waals surface area contributed by atoms with E-state index >= 15 is 0 Å². The van der Waals surface area contributed by atoms with Gasteiger partial charge in [0.1, 0.15) is 5.75 Å². The third-order valence-corrected chi connectivity index (χ3v) is 1.40. The van der Waals surface area contributed by atoms with Gasteiger partial charge in [-0.25, -0.2) is 0 Å². The van der Waals surface area contributed by atoms with Crippen LogP contribution in [-0.2, 0) is 0 Å². The van der Waals surface area contributed by atoms with Crippen molar-refractivity contribution >= 4 is 8.60 Å². The highest BCUT2D eigenvalue weighted by Crippen LogP contribution is 2.27. The molecule has 20 heavy (non-hydrogen) atoms. The Hall–Kier alpha value is -1.23. The minimum absolute atomic E-state index is 0.125. The van der Waals surface area contributed by atoms with Crippen molar-refractivity contribution in [1.82, 2.24) is 0 Å². The zero-order chi connectivity index (χ0) is 16.2. The molecule has 6 heteroatoms. The monoisotopic (exact) mass is 304 g/mol. The highest BCUT2D eigenvalue weighted by molar-refractivity contribution is 7.39. The maximum absolute atomic E-state index is 8.40. The summed E-state index contributed by atoms with van der Waals surface area (Å²) in [5.41, 5.74) is 0. The number of aliphatic hydroxyl groups excluding tert-OH is 2. The molecular formula is C14H25O5P. The first kappa shape index (κ1) is 23.8. The average molecular weight is 304 g/mol. The Morgan fingerprint density at radius 3 is 1.60 bits per heavy atom. The van der Waals surface area contributed by atoms with E-state index in [1.54, 1.807) is 36.4 Å². The molecule has 0 radical (unpaired) electrons. The second-order valence-corrected chi connectivity index (χ2v) is 3.61. The van der Waals surface area contributed by atoms with Gasteiger partial charge in [0.2, 0.25) is 0 Å². The number of benzene rings is 1. The lowest BCUT2D eigenvalue weighted by Gasteiger charge is -2.02. The Bertz CT molecular complexity index is 283. The van der Waals surface area contributed by atoms with Gasteiger partial charge in [-0.2, -0.15) is 0 Å². The van der Waals surface area contributed by atoms with Crippen molar-refractivity contribution < 1.29 is 24.5 Å². The molecule has 4 N–H and O–H groups in total. The molecule has 0 atom stereocenters. The van der Waals surface area contributed by atoms with E-state index in [0.717, 1.165) is 0 Å². The van der Waals surface area contributed by atoms with Crippen LogP contribution >= 0.6 is 8.60 Å². The Labute approximate surface area is 122 Å². The Morgan fingerprint density at radius 1 is 1.00 bits per heavy atom. The average Bonchev–Trinajstić information content (AvgIpc) is 2.41. The Kier molecular flexibility index (Phi) is 27.3. The molecule has 0 aliphatic carbocycles. The van der Waals surface area contributed by atoms with Crippen LogP contribution in [0, 0.1) is 0 Å². The Balaban J connectivity index is -0.000000242. The van der Waals surface area contributed by atoms with Gasteiger partial charge in [0.25, 0.3) is 0 Å². The standard InChI is InChI=1S/C6H7O3P.2C3H6.C2H6O2/c7-10(8)9-6-4-2-1-3-5-6;2*1-3-2;3-1-2-4/h1-5,7-8H;2*3H,1H2,2H3;3-4H,1-2H2. The molecule has 0 aliphatic heterocycles. The molecule has 0 aromatic heterocycles. The number of aliphatic hydroxyl groups is 2. The van der Waals surface area contributed by atoms with Gasteiger partial charge in [0, 0.05) is 0 Å². The summed E-state index contributed by atoms with van der Waals surface area (Å²) in [4.78, 5) is 16.8. The summed E-state index contributed by atoms with van der Waals surface area (Å²) in [6.45, 7) is 10.2. The number of allylic oxidation sites excluding steroid dienone is 2. The number of para-hydroxylation sites is 1. The molecule has 0 fully saturated rings. The number of hydrogen-bond donors (Lipinski definition) is 4. The SMILES string of the molecule is C=CC.C=CC.OCCO.OP(O)Oc1ccccc1. The zero-order valence-electron chi connectivity index (χ0n) is 12.0. The first-order chi connectivity index (χ1) is 9.53. The first-order valence-corrected chi connectivity index (χ1v) is 6.97. The smallest absolute Gasteiger partial charge is 0.391 e. The minimum atomic E-state index is -2.28. The third kappa shape index (κ3) is 30.1. The van der Waals surface area contributed by atoms with Crippen LogP contribution in [0.1, 0.15) is 13.8 Å². The van der Waals surface area contributed by atoms with E-state index in [2.05, 4.69) is 17.7 Å². The van der Waals surface area contributed by atoms with Crippen molar-refractivity contribution in [3.05, 3.63) is 55.6 Å². The van der Waals surface area contributed by atoms with Crippen LogP contribution in [0.2, 0.25) is 0 Å². The van der Waals surface area contributed by atoms with Crippen LogP contribution in [-0.4, -0.2) is 33.2 Å². The van der Waals surface area contributed by atoms with E-state index in [1.165, 1.54) is 0 Å². The summed E-state index contributed by atoms with van der Waals surface area (Å²) in [7, 11) is -2.28. The minimum Gasteiger partial charge on any atom is -0.427 e. The maximum Gasteiger partial charge on any atom is 0.391 e. The predicted molar refractivity (Wildman–Crippen MR) is 84.3 cm³/mol. The zero-order valence-corrected chi connectivity index (χ0v) is 12.9. The highest BCUT2D eigenvalue weighted by atomic mass is 31.2. The molecule has 1 aromatic rings. The van der Waals surface area contributed by atoms with E-state index in [0.29, 0.717) is 5.75 Å². The van der Waals surface area contributed by atoms with E-state index < -0.39 is 8.60 Å². The summed E-state index contributed by atoms with van der Waals surface area (Å²) in [5.74, 6) is 0.471. The fourth-order valence-electron chi connectivity index (χ4n) is 0.576. The molecule has 1 rings (SSSR count). The fourth-order valence-corrected chi connectivity index (χ4v) is 0.886. The summed E-state index contributed by atoms with van der Waals surface area (Å²) in [6.07, 6.45) is 3.50. The van der Waals surface area contributed by atoms with Crippen LogP contribution in [0.5, 0.6) is 5.75 Å². The van der Waals surface area contributed by atoms with Crippen LogP contribution < -0.4 is 4.52 Å².